The molecule has 11 heteroatoms. The second-order valence-corrected chi connectivity index (χ2v) is 10.3. The molecule has 1 aliphatic rings. The van der Waals surface area contributed by atoms with E-state index < -0.39 is 25.2 Å². The van der Waals surface area contributed by atoms with Gasteiger partial charge in [0.15, 0.2) is 11.2 Å². The van der Waals surface area contributed by atoms with Crippen molar-refractivity contribution in [2.75, 3.05) is 25.4 Å². The first-order chi connectivity index (χ1) is 14.6. The SMILES string of the molecule is CCC(=O)SCCNC(=O)CCNC(=O)[C@@H]1OP(=O)(Oc2ccccc2)OCC1(C)C. The van der Waals surface area contributed by atoms with Crippen LogP contribution in [0.4, 0.5) is 0 Å². The molecule has 0 aromatic heterocycles. The number of nitrogens with one attached hydrogen (secondary N) is 2. The summed E-state index contributed by atoms with van der Waals surface area (Å²) in [6.45, 7) is 5.76. The largest absolute Gasteiger partial charge is 0.530 e. The molecule has 0 radical (unpaired) electrons. The number of phosphoric ester groups is 1. The van der Waals surface area contributed by atoms with Crippen molar-refractivity contribution in [3.05, 3.63) is 30.3 Å². The zero-order valence-corrected chi connectivity index (χ0v) is 19.6. The first-order valence-corrected chi connectivity index (χ1v) is 12.5. The van der Waals surface area contributed by atoms with Crippen molar-refractivity contribution in [2.24, 2.45) is 5.41 Å². The van der Waals surface area contributed by atoms with Crippen molar-refractivity contribution < 1.29 is 32.5 Å². The van der Waals surface area contributed by atoms with Crippen molar-refractivity contribution in [3.63, 3.8) is 0 Å². The predicted octanol–water partition coefficient (Wildman–Crippen LogP) is 2.91. The smallest absolute Gasteiger partial charge is 0.404 e. The third-order valence-electron chi connectivity index (χ3n) is 4.36. The van der Waals surface area contributed by atoms with Crippen LogP contribution in [-0.2, 0) is 28.0 Å². The van der Waals surface area contributed by atoms with Gasteiger partial charge in [-0.15, -0.1) is 0 Å². The molecule has 0 spiro atoms. The van der Waals surface area contributed by atoms with E-state index in [1.807, 2.05) is 0 Å². The first-order valence-electron chi connectivity index (χ1n) is 10.0. The van der Waals surface area contributed by atoms with E-state index in [0.29, 0.717) is 24.5 Å². The Balaban J connectivity index is 1.81. The first kappa shape index (κ1) is 25.4. The normalized spacial score (nSPS) is 22.4. The van der Waals surface area contributed by atoms with Crippen molar-refractivity contribution in [3.8, 4) is 5.75 Å². The van der Waals surface area contributed by atoms with Crippen molar-refractivity contribution in [1.29, 1.82) is 0 Å². The Labute approximate surface area is 186 Å². The number of carbonyl (C=O) groups is 3. The van der Waals surface area contributed by atoms with Gasteiger partial charge in [-0.2, -0.15) is 0 Å². The zero-order valence-electron chi connectivity index (χ0n) is 17.9. The van der Waals surface area contributed by atoms with Gasteiger partial charge in [0.05, 0.1) is 6.61 Å². The highest BCUT2D eigenvalue weighted by Crippen LogP contribution is 2.56. The van der Waals surface area contributed by atoms with Crippen LogP contribution < -0.4 is 15.2 Å². The molecule has 1 fully saturated rings. The third-order valence-corrected chi connectivity index (χ3v) is 6.73. The number of hydrogen-bond acceptors (Lipinski definition) is 8. The van der Waals surface area contributed by atoms with Crippen molar-refractivity contribution >= 4 is 36.5 Å². The molecule has 0 aliphatic carbocycles. The lowest BCUT2D eigenvalue weighted by Crippen LogP contribution is -2.50. The molecule has 1 aromatic carbocycles. The minimum atomic E-state index is -3.98. The van der Waals surface area contributed by atoms with Gasteiger partial charge in [-0.3, -0.25) is 23.4 Å². The summed E-state index contributed by atoms with van der Waals surface area (Å²) in [5.74, 6) is 0.0725. The molecule has 2 N–H and O–H groups in total. The van der Waals surface area contributed by atoms with Crippen LogP contribution in [0.5, 0.6) is 5.75 Å². The van der Waals surface area contributed by atoms with E-state index in [-0.39, 0.29) is 30.6 Å². The molecule has 2 rings (SSSR count). The van der Waals surface area contributed by atoms with Crippen LogP contribution in [0.3, 0.4) is 0 Å². The summed E-state index contributed by atoms with van der Waals surface area (Å²) in [7, 11) is -3.98. The molecule has 9 nitrogen and oxygen atoms in total. The number of carbonyl (C=O) groups excluding carboxylic acids is 3. The molecule has 31 heavy (non-hydrogen) atoms. The minimum Gasteiger partial charge on any atom is -0.404 e. The van der Waals surface area contributed by atoms with Gasteiger partial charge in [-0.05, 0) is 12.1 Å². The summed E-state index contributed by atoms with van der Waals surface area (Å²) < 4.78 is 29.1. The Morgan fingerprint density at radius 1 is 1.19 bits per heavy atom. The van der Waals surface area contributed by atoms with E-state index in [4.69, 9.17) is 13.6 Å². The van der Waals surface area contributed by atoms with E-state index in [1.165, 1.54) is 11.8 Å². The van der Waals surface area contributed by atoms with E-state index in [0.717, 1.165) is 0 Å². The fourth-order valence-electron chi connectivity index (χ4n) is 2.62. The number of rotatable bonds is 10. The topological polar surface area (TPSA) is 120 Å². The number of phosphoric acid groups is 1. The number of amides is 2. The molecular weight excluding hydrogens is 443 g/mol. The van der Waals surface area contributed by atoms with Gasteiger partial charge in [0.2, 0.25) is 5.91 Å². The highest BCUT2D eigenvalue weighted by molar-refractivity contribution is 8.13. The maximum Gasteiger partial charge on any atom is 0.530 e. The van der Waals surface area contributed by atoms with Crippen LogP contribution in [0.1, 0.15) is 33.6 Å². The van der Waals surface area contributed by atoms with E-state index in [9.17, 15) is 18.9 Å². The number of para-hydroxylation sites is 1. The lowest BCUT2D eigenvalue weighted by atomic mass is 9.87. The van der Waals surface area contributed by atoms with Gasteiger partial charge in [0.1, 0.15) is 5.75 Å². The second-order valence-electron chi connectivity index (χ2n) is 7.56. The molecule has 0 saturated carbocycles. The molecule has 2 amide bonds. The summed E-state index contributed by atoms with van der Waals surface area (Å²) in [4.78, 5) is 35.7. The summed E-state index contributed by atoms with van der Waals surface area (Å²) >= 11 is 1.18. The molecular formula is C20H29N2O7PS. The van der Waals surface area contributed by atoms with Crippen LogP contribution in [0.25, 0.3) is 0 Å². The zero-order chi connectivity index (χ0) is 22.9. The average molecular weight is 473 g/mol. The van der Waals surface area contributed by atoms with Gasteiger partial charge >= 0.3 is 7.82 Å². The van der Waals surface area contributed by atoms with E-state index >= 15 is 0 Å². The number of benzene rings is 1. The average Bonchev–Trinajstić information content (AvgIpc) is 2.73. The standard InChI is InChI=1S/C20H29N2O7PS/c1-4-17(24)31-13-12-21-16(23)10-11-22-19(25)18-20(2,3)14-27-30(26,29-18)28-15-8-6-5-7-9-15/h5-9,18H,4,10-14H2,1-3H3,(H,21,23)(H,22,25)/t18-,30?/m0/s1. The van der Waals surface area contributed by atoms with Gasteiger partial charge in [0.25, 0.3) is 5.91 Å². The Morgan fingerprint density at radius 2 is 1.90 bits per heavy atom. The second kappa shape index (κ2) is 11.7. The number of hydrogen-bond donors (Lipinski definition) is 2. The molecule has 1 saturated heterocycles. The van der Waals surface area contributed by atoms with Crippen molar-refractivity contribution in [1.82, 2.24) is 10.6 Å². The fourth-order valence-corrected chi connectivity index (χ4v) is 4.92. The Morgan fingerprint density at radius 3 is 2.58 bits per heavy atom. The van der Waals surface area contributed by atoms with Gasteiger partial charge in [-0.1, -0.05) is 50.7 Å². The van der Waals surface area contributed by atoms with E-state index in [2.05, 4.69) is 10.6 Å². The Kier molecular flexibility index (Phi) is 9.55. The quantitative estimate of drug-likeness (QED) is 0.394. The lowest BCUT2D eigenvalue weighted by molar-refractivity contribution is -0.140. The third kappa shape index (κ3) is 8.29. The van der Waals surface area contributed by atoms with Crippen molar-refractivity contribution in [2.45, 2.75) is 39.7 Å². The highest BCUT2D eigenvalue weighted by Gasteiger charge is 2.49. The molecule has 2 atom stereocenters. The summed E-state index contributed by atoms with van der Waals surface area (Å²) in [5, 5.41) is 5.41. The van der Waals surface area contributed by atoms with Crippen LogP contribution in [0.15, 0.2) is 30.3 Å². The summed E-state index contributed by atoms with van der Waals surface area (Å²) in [6, 6.07) is 8.42. The number of thioether (sulfide) groups is 1. The van der Waals surface area contributed by atoms with Gasteiger partial charge in [0, 0.05) is 37.1 Å². The molecule has 1 unspecified atom stereocenters. The predicted molar refractivity (Wildman–Crippen MR) is 118 cm³/mol. The highest BCUT2D eigenvalue weighted by atomic mass is 32.2. The lowest BCUT2D eigenvalue weighted by Gasteiger charge is -2.39. The minimum absolute atomic E-state index is 0.00380. The van der Waals surface area contributed by atoms with Crippen LogP contribution in [0.2, 0.25) is 0 Å². The van der Waals surface area contributed by atoms with Crippen LogP contribution >= 0.6 is 19.6 Å². The Bertz CT molecular complexity index is 819. The van der Waals surface area contributed by atoms with Gasteiger partial charge < -0.3 is 15.2 Å². The van der Waals surface area contributed by atoms with Crippen LogP contribution in [-0.4, -0.2) is 48.5 Å². The Hall–Kier alpha value is -1.87. The summed E-state index contributed by atoms with van der Waals surface area (Å²) in [6.07, 6.45) is -0.547. The molecule has 1 aromatic rings. The molecule has 0 bridgehead atoms. The van der Waals surface area contributed by atoms with E-state index in [1.54, 1.807) is 51.1 Å². The van der Waals surface area contributed by atoms with Crippen LogP contribution in [0, 0.1) is 5.41 Å². The summed E-state index contributed by atoms with van der Waals surface area (Å²) in [5.41, 5.74) is -0.747. The molecule has 1 aliphatic heterocycles. The molecule has 172 valence electrons. The maximum atomic E-state index is 12.9. The maximum absolute atomic E-state index is 12.9. The fraction of sp³-hybridized carbons (Fsp3) is 0.550. The monoisotopic (exact) mass is 472 g/mol. The van der Waals surface area contributed by atoms with Gasteiger partial charge in [-0.25, -0.2) is 4.57 Å². The molecule has 1 heterocycles.